The summed E-state index contributed by atoms with van der Waals surface area (Å²) in [5, 5.41) is 2.82. The Morgan fingerprint density at radius 2 is 1.89 bits per heavy atom. The lowest BCUT2D eigenvalue weighted by molar-refractivity contribution is 0.729. The van der Waals surface area contributed by atoms with E-state index in [2.05, 4.69) is 35.3 Å². The van der Waals surface area contributed by atoms with Gasteiger partial charge in [0.1, 0.15) is 4.83 Å². The molecule has 4 rings (SSSR count). The number of aromatic nitrogens is 1. The zero-order chi connectivity index (χ0) is 11.9. The first-order valence-corrected chi connectivity index (χ1v) is 7.51. The third kappa shape index (κ3) is 1.49. The van der Waals surface area contributed by atoms with E-state index in [-0.39, 0.29) is 0 Å². The molecule has 1 aliphatic carbocycles. The predicted octanol–water partition coefficient (Wildman–Crippen LogP) is 5.11. The van der Waals surface area contributed by atoms with Gasteiger partial charge in [-0.1, -0.05) is 31.0 Å². The molecule has 2 heteroatoms. The first kappa shape index (κ1) is 10.5. The minimum atomic E-state index is 0.758. The van der Waals surface area contributed by atoms with Crippen LogP contribution in [0.15, 0.2) is 36.5 Å². The second-order valence-electron chi connectivity index (χ2n) is 5.16. The quantitative estimate of drug-likeness (QED) is 0.587. The monoisotopic (exact) mass is 253 g/mol. The number of fused-ring (bicyclic) bond motifs is 3. The molecule has 1 nitrogen and oxygen atoms in total. The zero-order valence-corrected chi connectivity index (χ0v) is 11.0. The van der Waals surface area contributed by atoms with Crippen molar-refractivity contribution in [3.8, 4) is 0 Å². The van der Waals surface area contributed by atoms with Crippen molar-refractivity contribution in [3.63, 3.8) is 0 Å². The molecule has 1 fully saturated rings. The van der Waals surface area contributed by atoms with Crippen LogP contribution in [-0.2, 0) is 0 Å². The number of rotatable bonds is 1. The number of nitrogens with zero attached hydrogens (tertiary/aromatic N) is 1. The standard InChI is InChI=1S/C16H15NS/c1-2-6-11(5-1)12-9-10-17-16-15(12)13-7-3-4-8-14(13)18-16/h3-4,7-11H,1-2,5-6H2. The summed E-state index contributed by atoms with van der Waals surface area (Å²) in [6, 6.07) is 11.0. The van der Waals surface area contributed by atoms with Gasteiger partial charge in [0, 0.05) is 21.7 Å². The molecule has 0 radical (unpaired) electrons. The largest absolute Gasteiger partial charge is 0.245 e. The van der Waals surface area contributed by atoms with Gasteiger partial charge in [-0.25, -0.2) is 4.98 Å². The Labute approximate surface area is 110 Å². The van der Waals surface area contributed by atoms with Crippen LogP contribution in [0.4, 0.5) is 0 Å². The average Bonchev–Trinajstić information content (AvgIpc) is 3.05. The Hall–Kier alpha value is -1.41. The summed E-state index contributed by atoms with van der Waals surface area (Å²) in [5.74, 6) is 0.758. The van der Waals surface area contributed by atoms with Gasteiger partial charge in [0.05, 0.1) is 0 Å². The minimum Gasteiger partial charge on any atom is -0.245 e. The van der Waals surface area contributed by atoms with Crippen molar-refractivity contribution in [2.75, 3.05) is 0 Å². The molecule has 0 unspecified atom stereocenters. The summed E-state index contributed by atoms with van der Waals surface area (Å²) in [4.78, 5) is 5.78. The van der Waals surface area contributed by atoms with Crippen molar-refractivity contribution in [2.24, 2.45) is 0 Å². The van der Waals surface area contributed by atoms with Gasteiger partial charge in [0.25, 0.3) is 0 Å². The molecular formula is C16H15NS. The van der Waals surface area contributed by atoms with Crippen molar-refractivity contribution < 1.29 is 0 Å². The van der Waals surface area contributed by atoms with E-state index in [1.807, 2.05) is 17.5 Å². The Bertz CT molecular complexity index is 707. The third-order valence-electron chi connectivity index (χ3n) is 4.11. The first-order valence-electron chi connectivity index (χ1n) is 6.69. The van der Waals surface area contributed by atoms with Crippen LogP contribution in [0.5, 0.6) is 0 Å². The van der Waals surface area contributed by atoms with Crippen molar-refractivity contribution in [3.05, 3.63) is 42.1 Å². The molecule has 1 aliphatic rings. The van der Waals surface area contributed by atoms with E-state index in [4.69, 9.17) is 0 Å². The molecule has 1 aromatic carbocycles. The van der Waals surface area contributed by atoms with Gasteiger partial charge in [0.2, 0.25) is 0 Å². The van der Waals surface area contributed by atoms with Crippen molar-refractivity contribution >= 4 is 31.6 Å². The van der Waals surface area contributed by atoms with Crippen LogP contribution in [0.1, 0.15) is 37.2 Å². The second kappa shape index (κ2) is 4.06. The highest BCUT2D eigenvalue weighted by molar-refractivity contribution is 7.25. The van der Waals surface area contributed by atoms with E-state index in [1.165, 1.54) is 51.5 Å². The maximum absolute atomic E-state index is 4.57. The highest BCUT2D eigenvalue weighted by Gasteiger charge is 2.21. The lowest BCUT2D eigenvalue weighted by atomic mass is 9.95. The molecule has 2 heterocycles. The van der Waals surface area contributed by atoms with E-state index < -0.39 is 0 Å². The smallest absolute Gasteiger partial charge is 0.124 e. The zero-order valence-electron chi connectivity index (χ0n) is 10.2. The van der Waals surface area contributed by atoms with E-state index in [0.717, 1.165) is 5.92 Å². The van der Waals surface area contributed by atoms with Crippen LogP contribution in [0.2, 0.25) is 0 Å². The predicted molar refractivity (Wildman–Crippen MR) is 78.3 cm³/mol. The Balaban J connectivity index is 2.06. The van der Waals surface area contributed by atoms with Crippen molar-refractivity contribution in [1.82, 2.24) is 4.98 Å². The van der Waals surface area contributed by atoms with Gasteiger partial charge in [0.15, 0.2) is 0 Å². The molecule has 0 spiro atoms. The summed E-state index contributed by atoms with van der Waals surface area (Å²) in [5.41, 5.74) is 1.54. The van der Waals surface area contributed by atoms with Crippen LogP contribution in [-0.4, -0.2) is 4.98 Å². The molecule has 0 N–H and O–H groups in total. The van der Waals surface area contributed by atoms with Gasteiger partial charge in [-0.05, 0) is 36.5 Å². The Morgan fingerprint density at radius 3 is 2.78 bits per heavy atom. The number of thiophene rings is 1. The number of hydrogen-bond donors (Lipinski definition) is 0. The molecule has 18 heavy (non-hydrogen) atoms. The van der Waals surface area contributed by atoms with Gasteiger partial charge in [-0.2, -0.15) is 0 Å². The summed E-state index contributed by atoms with van der Waals surface area (Å²) >= 11 is 1.82. The maximum atomic E-state index is 4.57. The first-order chi connectivity index (χ1) is 8.93. The van der Waals surface area contributed by atoms with Crippen LogP contribution in [0.3, 0.4) is 0 Å². The van der Waals surface area contributed by atoms with E-state index in [0.29, 0.717) is 0 Å². The average molecular weight is 253 g/mol. The molecular weight excluding hydrogens is 238 g/mol. The Kier molecular flexibility index (Phi) is 2.37. The lowest BCUT2D eigenvalue weighted by Gasteiger charge is -2.10. The fraction of sp³-hybridized carbons (Fsp3) is 0.312. The van der Waals surface area contributed by atoms with Crippen molar-refractivity contribution in [2.45, 2.75) is 31.6 Å². The number of benzene rings is 1. The van der Waals surface area contributed by atoms with Crippen molar-refractivity contribution in [1.29, 1.82) is 0 Å². The molecule has 0 aliphatic heterocycles. The fourth-order valence-corrected chi connectivity index (χ4v) is 4.33. The summed E-state index contributed by atoms with van der Waals surface area (Å²) in [7, 11) is 0. The van der Waals surface area contributed by atoms with Crippen LogP contribution >= 0.6 is 11.3 Å². The Morgan fingerprint density at radius 1 is 1.06 bits per heavy atom. The van der Waals surface area contributed by atoms with E-state index in [1.54, 1.807) is 0 Å². The molecule has 3 aromatic rings. The summed E-state index contributed by atoms with van der Waals surface area (Å²) in [6.45, 7) is 0. The summed E-state index contributed by atoms with van der Waals surface area (Å²) in [6.07, 6.45) is 7.46. The SMILES string of the molecule is c1ccc2c(c1)sc1nccc(C3CCCC3)c12. The highest BCUT2D eigenvalue weighted by Crippen LogP contribution is 2.42. The number of hydrogen-bond acceptors (Lipinski definition) is 2. The normalized spacial score (nSPS) is 16.9. The van der Waals surface area contributed by atoms with Gasteiger partial charge in [-0.15, -0.1) is 11.3 Å². The molecule has 0 amide bonds. The number of pyridine rings is 1. The molecule has 2 aromatic heterocycles. The van der Waals surface area contributed by atoms with Gasteiger partial charge in [-0.3, -0.25) is 0 Å². The molecule has 0 bridgehead atoms. The highest BCUT2D eigenvalue weighted by atomic mass is 32.1. The molecule has 1 saturated carbocycles. The van der Waals surface area contributed by atoms with Gasteiger partial charge < -0.3 is 0 Å². The second-order valence-corrected chi connectivity index (χ2v) is 6.19. The van der Waals surface area contributed by atoms with Crippen LogP contribution < -0.4 is 0 Å². The van der Waals surface area contributed by atoms with Crippen LogP contribution in [0.25, 0.3) is 20.3 Å². The molecule has 90 valence electrons. The third-order valence-corrected chi connectivity index (χ3v) is 5.19. The van der Waals surface area contributed by atoms with E-state index >= 15 is 0 Å². The summed E-state index contributed by atoms with van der Waals surface area (Å²) < 4.78 is 1.37. The fourth-order valence-electron chi connectivity index (χ4n) is 3.25. The van der Waals surface area contributed by atoms with Gasteiger partial charge >= 0.3 is 0 Å². The lowest BCUT2D eigenvalue weighted by Crippen LogP contribution is -1.93. The van der Waals surface area contributed by atoms with E-state index in [9.17, 15) is 0 Å². The minimum absolute atomic E-state index is 0.758. The topological polar surface area (TPSA) is 12.9 Å². The maximum Gasteiger partial charge on any atom is 0.124 e. The van der Waals surface area contributed by atoms with Crippen LogP contribution in [0, 0.1) is 0 Å². The molecule has 0 saturated heterocycles. The molecule has 0 atom stereocenters.